The molecule has 0 amide bonds. The molecule has 108 valence electrons. The molecule has 0 aromatic heterocycles. The summed E-state index contributed by atoms with van der Waals surface area (Å²) in [6.45, 7) is 5.12. The Morgan fingerprint density at radius 1 is 1.40 bits per heavy atom. The third-order valence-corrected chi connectivity index (χ3v) is 5.53. The first-order chi connectivity index (χ1) is 9.66. The maximum atomic E-state index is 11.0. The van der Waals surface area contributed by atoms with Gasteiger partial charge in [0.1, 0.15) is 6.10 Å². The van der Waals surface area contributed by atoms with Crippen LogP contribution >= 0.6 is 0 Å². The standard InChI is InChI=1S/C17H23NO2/c1-3-11(2)6-4-5-7-14-12-10-13(12)17(19)16-15(20-16)8-9-18(14)17/h3-7,12-16,19H,8-10H2,1-2H3/b6-4+,7-5+,11-3+/t12-,13?,14+,15-,16?,17?/m1/s1. The number of piperidine rings is 2. The van der Waals surface area contributed by atoms with Gasteiger partial charge in [0, 0.05) is 18.5 Å². The predicted octanol–water partition coefficient (Wildman–Crippen LogP) is 2.25. The summed E-state index contributed by atoms with van der Waals surface area (Å²) in [5.41, 5.74) is 0.611. The molecule has 0 aromatic carbocycles. The molecule has 0 aromatic rings. The molecule has 4 aliphatic rings. The average Bonchev–Trinajstić information content (AvgIpc) is 3.32. The van der Waals surface area contributed by atoms with E-state index in [4.69, 9.17) is 4.74 Å². The molecule has 0 bridgehead atoms. The van der Waals surface area contributed by atoms with Crippen molar-refractivity contribution in [3.8, 4) is 0 Å². The lowest BCUT2D eigenvalue weighted by atomic mass is 9.95. The van der Waals surface area contributed by atoms with Crippen molar-refractivity contribution in [1.29, 1.82) is 0 Å². The van der Waals surface area contributed by atoms with E-state index in [9.17, 15) is 5.11 Å². The Morgan fingerprint density at radius 3 is 3.05 bits per heavy atom. The van der Waals surface area contributed by atoms with Crippen LogP contribution in [0.15, 0.2) is 36.0 Å². The molecule has 3 unspecified atom stereocenters. The Balaban J connectivity index is 1.50. The van der Waals surface area contributed by atoms with Gasteiger partial charge in [0.15, 0.2) is 5.72 Å². The molecule has 3 heteroatoms. The van der Waals surface area contributed by atoms with Crippen LogP contribution in [-0.4, -0.2) is 40.5 Å². The molecule has 0 spiro atoms. The van der Waals surface area contributed by atoms with E-state index >= 15 is 0 Å². The fourth-order valence-electron chi connectivity index (χ4n) is 4.20. The van der Waals surface area contributed by atoms with Gasteiger partial charge in [-0.1, -0.05) is 36.0 Å². The predicted molar refractivity (Wildman–Crippen MR) is 78.0 cm³/mol. The summed E-state index contributed by atoms with van der Waals surface area (Å²) in [5, 5.41) is 11.0. The fourth-order valence-corrected chi connectivity index (χ4v) is 4.20. The van der Waals surface area contributed by atoms with Gasteiger partial charge in [-0.3, -0.25) is 4.90 Å². The summed E-state index contributed by atoms with van der Waals surface area (Å²) >= 11 is 0. The zero-order chi connectivity index (χ0) is 13.9. The van der Waals surface area contributed by atoms with E-state index < -0.39 is 5.72 Å². The highest BCUT2D eigenvalue weighted by atomic mass is 16.6. The lowest BCUT2D eigenvalue weighted by Gasteiger charge is -2.40. The van der Waals surface area contributed by atoms with Crippen molar-refractivity contribution in [2.75, 3.05) is 6.54 Å². The second-order valence-electron chi connectivity index (χ2n) is 6.63. The Morgan fingerprint density at radius 2 is 2.25 bits per heavy atom. The van der Waals surface area contributed by atoms with Gasteiger partial charge in [-0.15, -0.1) is 0 Å². The third-order valence-electron chi connectivity index (χ3n) is 5.53. The minimum Gasteiger partial charge on any atom is -0.372 e. The summed E-state index contributed by atoms with van der Waals surface area (Å²) in [6.07, 6.45) is 13.4. The number of epoxide rings is 1. The number of nitrogens with zero attached hydrogens (tertiary/aromatic N) is 1. The smallest absolute Gasteiger partial charge is 0.151 e. The molecule has 1 saturated carbocycles. The molecule has 1 N–H and O–H groups in total. The van der Waals surface area contributed by atoms with E-state index in [1.165, 1.54) is 5.57 Å². The van der Waals surface area contributed by atoms with E-state index in [2.05, 4.69) is 49.1 Å². The molecule has 1 aliphatic carbocycles. The molecule has 6 atom stereocenters. The van der Waals surface area contributed by atoms with E-state index in [0.29, 0.717) is 24.0 Å². The maximum absolute atomic E-state index is 11.0. The minimum atomic E-state index is -0.661. The number of aliphatic hydroxyl groups is 1. The highest BCUT2D eigenvalue weighted by Gasteiger charge is 2.75. The minimum absolute atomic E-state index is 0.0884. The van der Waals surface area contributed by atoms with Crippen molar-refractivity contribution >= 4 is 0 Å². The summed E-state index contributed by atoms with van der Waals surface area (Å²) in [5.74, 6) is 1.07. The normalized spacial score (nSPS) is 50.4. The van der Waals surface area contributed by atoms with E-state index in [1.807, 2.05) is 0 Å². The first kappa shape index (κ1) is 12.8. The zero-order valence-electron chi connectivity index (χ0n) is 12.2. The first-order valence-electron chi connectivity index (χ1n) is 7.78. The Bertz CT molecular complexity index is 509. The molecule has 3 nitrogen and oxygen atoms in total. The number of hydrogen-bond donors (Lipinski definition) is 1. The van der Waals surface area contributed by atoms with Crippen LogP contribution in [0, 0.1) is 11.8 Å². The third kappa shape index (κ3) is 1.70. The molecular weight excluding hydrogens is 250 g/mol. The quantitative estimate of drug-likeness (QED) is 0.633. The van der Waals surface area contributed by atoms with Gasteiger partial charge >= 0.3 is 0 Å². The van der Waals surface area contributed by atoms with Crippen LogP contribution in [0.5, 0.6) is 0 Å². The molecule has 3 aliphatic heterocycles. The molecule has 4 rings (SSSR count). The maximum Gasteiger partial charge on any atom is 0.151 e. The number of hydrogen-bond acceptors (Lipinski definition) is 3. The lowest BCUT2D eigenvalue weighted by molar-refractivity contribution is -0.133. The molecular formula is C17H23NO2. The van der Waals surface area contributed by atoms with Crippen molar-refractivity contribution in [3.05, 3.63) is 36.0 Å². The van der Waals surface area contributed by atoms with Gasteiger partial charge in [0.25, 0.3) is 0 Å². The van der Waals surface area contributed by atoms with Gasteiger partial charge < -0.3 is 9.84 Å². The van der Waals surface area contributed by atoms with Gasteiger partial charge in [-0.25, -0.2) is 0 Å². The monoisotopic (exact) mass is 273 g/mol. The molecule has 20 heavy (non-hydrogen) atoms. The van der Waals surface area contributed by atoms with Gasteiger partial charge in [-0.2, -0.15) is 0 Å². The summed E-state index contributed by atoms with van der Waals surface area (Å²) in [4.78, 5) is 2.30. The van der Waals surface area contributed by atoms with Crippen LogP contribution < -0.4 is 0 Å². The van der Waals surface area contributed by atoms with Crippen LogP contribution in [0.4, 0.5) is 0 Å². The Labute approximate surface area is 120 Å². The highest BCUT2D eigenvalue weighted by Crippen LogP contribution is 2.64. The average molecular weight is 273 g/mol. The van der Waals surface area contributed by atoms with Gasteiger partial charge in [0.05, 0.1) is 6.10 Å². The largest absolute Gasteiger partial charge is 0.372 e. The van der Waals surface area contributed by atoms with Crippen molar-refractivity contribution < 1.29 is 9.84 Å². The van der Waals surface area contributed by atoms with Gasteiger partial charge in [-0.05, 0) is 32.6 Å². The summed E-state index contributed by atoms with van der Waals surface area (Å²) in [7, 11) is 0. The highest BCUT2D eigenvalue weighted by molar-refractivity contribution is 5.27. The number of rotatable bonds is 3. The van der Waals surface area contributed by atoms with Crippen LogP contribution in [0.25, 0.3) is 0 Å². The molecule has 3 saturated heterocycles. The van der Waals surface area contributed by atoms with E-state index in [0.717, 1.165) is 19.4 Å². The van der Waals surface area contributed by atoms with Crippen molar-refractivity contribution in [1.82, 2.24) is 4.90 Å². The topological polar surface area (TPSA) is 36.0 Å². The van der Waals surface area contributed by atoms with Gasteiger partial charge in [0.2, 0.25) is 0 Å². The number of fused-ring (bicyclic) bond motifs is 5. The molecule has 4 fully saturated rings. The van der Waals surface area contributed by atoms with Crippen LogP contribution in [0.2, 0.25) is 0 Å². The van der Waals surface area contributed by atoms with Crippen LogP contribution in [-0.2, 0) is 4.74 Å². The second kappa shape index (κ2) is 4.30. The summed E-state index contributed by atoms with van der Waals surface area (Å²) in [6, 6.07) is 0.394. The fraction of sp³-hybridized carbons (Fsp3) is 0.647. The summed E-state index contributed by atoms with van der Waals surface area (Å²) < 4.78 is 5.67. The Hall–Kier alpha value is -0.900. The van der Waals surface area contributed by atoms with Crippen molar-refractivity contribution in [3.63, 3.8) is 0 Å². The van der Waals surface area contributed by atoms with Crippen LogP contribution in [0.3, 0.4) is 0 Å². The van der Waals surface area contributed by atoms with E-state index in [-0.39, 0.29) is 6.10 Å². The first-order valence-corrected chi connectivity index (χ1v) is 7.78. The molecule has 3 heterocycles. The van der Waals surface area contributed by atoms with E-state index in [1.54, 1.807) is 0 Å². The number of ether oxygens (including phenoxy) is 1. The number of allylic oxidation sites excluding steroid dienone is 5. The van der Waals surface area contributed by atoms with Crippen molar-refractivity contribution in [2.45, 2.75) is 50.7 Å². The van der Waals surface area contributed by atoms with Crippen LogP contribution in [0.1, 0.15) is 26.7 Å². The zero-order valence-corrected chi connectivity index (χ0v) is 12.2. The lowest BCUT2D eigenvalue weighted by Crippen LogP contribution is -2.57. The molecule has 0 radical (unpaired) electrons. The van der Waals surface area contributed by atoms with Crippen molar-refractivity contribution in [2.24, 2.45) is 11.8 Å². The Kier molecular flexibility index (Phi) is 2.75. The SMILES string of the molecule is C/C=C(C)/C=C/C=C/[C@H]1[C@@H]2CC2C2(O)C3O[C@@H]3CCN12. The second-order valence-corrected chi connectivity index (χ2v) is 6.63.